The van der Waals surface area contributed by atoms with E-state index in [9.17, 15) is 4.79 Å². The maximum absolute atomic E-state index is 11.9. The van der Waals surface area contributed by atoms with Gasteiger partial charge in [0.2, 0.25) is 0 Å². The van der Waals surface area contributed by atoms with Crippen LogP contribution in [0.3, 0.4) is 0 Å². The van der Waals surface area contributed by atoms with Crippen molar-refractivity contribution >= 4 is 22.6 Å². The van der Waals surface area contributed by atoms with E-state index < -0.39 is 0 Å². The molecule has 1 saturated heterocycles. The second-order valence-electron chi connectivity index (χ2n) is 4.48. The number of nitrogens with zero attached hydrogens (tertiary/aromatic N) is 1. The molecular formula is C13H18N4OS. The molecule has 1 aliphatic rings. The largest absolute Gasteiger partial charge is 0.349 e. The van der Waals surface area contributed by atoms with Gasteiger partial charge >= 0.3 is 0 Å². The molecule has 0 spiro atoms. The summed E-state index contributed by atoms with van der Waals surface area (Å²) in [6.07, 6.45) is 2.50. The second-order valence-corrected chi connectivity index (χ2v) is 5.46. The van der Waals surface area contributed by atoms with Crippen LogP contribution in [0.5, 0.6) is 0 Å². The lowest BCUT2D eigenvalue weighted by Crippen LogP contribution is -2.39. The summed E-state index contributed by atoms with van der Waals surface area (Å²) < 4.78 is 0. The van der Waals surface area contributed by atoms with Crippen LogP contribution in [-0.2, 0) is 4.79 Å². The number of aromatic amines is 1. The lowest BCUT2D eigenvalue weighted by Gasteiger charge is -2.26. The molecule has 0 bridgehead atoms. The summed E-state index contributed by atoms with van der Waals surface area (Å²) in [6.45, 7) is 5.91. The molecule has 1 atom stereocenters. The number of rotatable bonds is 4. The topological polar surface area (TPSA) is 69.8 Å². The summed E-state index contributed by atoms with van der Waals surface area (Å²) in [5.74, 6) is 0.678. The standard InChI is InChI=1S/C13H18N4OS/c1-8-6-10(9(2)13(18)16-8)12(19-7-14-3)11-4-5-15-17-11/h4-5,8,14H,2,6-7H2,1,3H3,(H,15,17)(H,16,18)/b12-10-. The Bertz CT molecular complexity index is 507. The van der Waals surface area contributed by atoms with Crippen molar-refractivity contribution in [2.75, 3.05) is 12.9 Å². The van der Waals surface area contributed by atoms with Gasteiger partial charge in [-0.25, -0.2) is 0 Å². The predicted molar refractivity (Wildman–Crippen MR) is 78.4 cm³/mol. The third-order valence-electron chi connectivity index (χ3n) is 2.91. The van der Waals surface area contributed by atoms with Crippen LogP contribution in [0, 0.1) is 0 Å². The van der Waals surface area contributed by atoms with Gasteiger partial charge in [-0.2, -0.15) is 5.10 Å². The average molecular weight is 278 g/mol. The summed E-state index contributed by atoms with van der Waals surface area (Å²) in [7, 11) is 1.90. The Hall–Kier alpha value is -1.53. The zero-order valence-corrected chi connectivity index (χ0v) is 11.9. The quantitative estimate of drug-likeness (QED) is 0.576. The highest BCUT2D eigenvalue weighted by Crippen LogP contribution is 2.35. The van der Waals surface area contributed by atoms with Crippen molar-refractivity contribution in [2.45, 2.75) is 19.4 Å². The van der Waals surface area contributed by atoms with E-state index in [1.165, 1.54) is 0 Å². The molecule has 0 saturated carbocycles. The van der Waals surface area contributed by atoms with Crippen molar-refractivity contribution in [1.29, 1.82) is 0 Å². The number of thioether (sulfide) groups is 1. The smallest absolute Gasteiger partial charge is 0.251 e. The number of amides is 1. The molecule has 1 fully saturated rings. The summed E-state index contributed by atoms with van der Waals surface area (Å²) in [4.78, 5) is 12.9. The van der Waals surface area contributed by atoms with Crippen LogP contribution in [0.25, 0.3) is 4.91 Å². The summed E-state index contributed by atoms with van der Waals surface area (Å²) in [6, 6.07) is 2.04. The third-order valence-corrected chi connectivity index (χ3v) is 4.09. The van der Waals surface area contributed by atoms with E-state index >= 15 is 0 Å². The van der Waals surface area contributed by atoms with Gasteiger partial charge < -0.3 is 10.6 Å². The van der Waals surface area contributed by atoms with Crippen molar-refractivity contribution in [1.82, 2.24) is 20.8 Å². The van der Waals surface area contributed by atoms with Crippen molar-refractivity contribution in [3.8, 4) is 0 Å². The van der Waals surface area contributed by atoms with E-state index in [0.717, 1.165) is 28.5 Å². The minimum Gasteiger partial charge on any atom is -0.349 e. The van der Waals surface area contributed by atoms with Crippen LogP contribution in [0.1, 0.15) is 19.0 Å². The highest BCUT2D eigenvalue weighted by molar-refractivity contribution is 8.08. The molecule has 0 aliphatic carbocycles. The molecule has 1 aromatic rings. The SMILES string of the molecule is C=C1C(=O)NC(C)C/C1=C(/SCNC)c1ccn[nH]1. The number of nitrogens with one attached hydrogen (secondary N) is 3. The van der Waals surface area contributed by atoms with Crippen molar-refractivity contribution in [3.63, 3.8) is 0 Å². The van der Waals surface area contributed by atoms with Gasteiger partial charge in [0.05, 0.1) is 5.69 Å². The minimum atomic E-state index is -0.0872. The molecule has 0 aromatic carbocycles. The summed E-state index contributed by atoms with van der Waals surface area (Å²) in [5.41, 5.74) is 2.48. The number of hydrogen-bond donors (Lipinski definition) is 3. The van der Waals surface area contributed by atoms with Crippen LogP contribution < -0.4 is 10.6 Å². The molecule has 2 heterocycles. The van der Waals surface area contributed by atoms with Crippen LogP contribution in [0.15, 0.2) is 30.0 Å². The van der Waals surface area contributed by atoms with Crippen LogP contribution in [-0.4, -0.2) is 35.1 Å². The fourth-order valence-corrected chi connectivity index (χ4v) is 2.95. The molecule has 1 amide bonds. The third kappa shape index (κ3) is 3.08. The maximum Gasteiger partial charge on any atom is 0.251 e. The van der Waals surface area contributed by atoms with Gasteiger partial charge in [0.15, 0.2) is 0 Å². The van der Waals surface area contributed by atoms with Crippen LogP contribution in [0.4, 0.5) is 0 Å². The maximum atomic E-state index is 11.9. The normalized spacial score (nSPS) is 22.3. The molecule has 3 N–H and O–H groups in total. The number of aromatic nitrogens is 2. The average Bonchev–Trinajstić information content (AvgIpc) is 2.89. The Balaban J connectivity index is 2.41. The molecule has 2 rings (SSSR count). The molecule has 5 nitrogen and oxygen atoms in total. The number of carbonyl (C=O) groups excluding carboxylic acids is 1. The van der Waals surface area contributed by atoms with Crippen LogP contribution >= 0.6 is 11.8 Å². The lowest BCUT2D eigenvalue weighted by atomic mass is 9.94. The lowest BCUT2D eigenvalue weighted by molar-refractivity contribution is -0.118. The van der Waals surface area contributed by atoms with Gasteiger partial charge in [0.1, 0.15) is 0 Å². The number of carbonyl (C=O) groups is 1. The first-order valence-corrected chi connectivity index (χ1v) is 7.12. The highest BCUT2D eigenvalue weighted by atomic mass is 32.2. The first-order chi connectivity index (χ1) is 9.13. The van der Waals surface area contributed by atoms with E-state index in [-0.39, 0.29) is 11.9 Å². The predicted octanol–water partition coefficient (Wildman–Crippen LogP) is 1.50. The van der Waals surface area contributed by atoms with Crippen molar-refractivity contribution in [3.05, 3.63) is 35.7 Å². The van der Waals surface area contributed by atoms with E-state index in [4.69, 9.17) is 0 Å². The fourth-order valence-electron chi connectivity index (χ4n) is 2.01. The fraction of sp³-hybridized carbons (Fsp3) is 0.385. The number of piperidine rings is 1. The Morgan fingerprint density at radius 1 is 1.68 bits per heavy atom. The van der Waals surface area contributed by atoms with Gasteiger partial charge in [-0.15, -0.1) is 11.8 Å². The Morgan fingerprint density at radius 3 is 3.11 bits per heavy atom. The second kappa shape index (κ2) is 6.08. The Kier molecular flexibility index (Phi) is 4.44. The molecule has 1 aliphatic heterocycles. The summed E-state index contributed by atoms with van der Waals surface area (Å²) >= 11 is 1.65. The molecule has 19 heavy (non-hydrogen) atoms. The van der Waals surface area contributed by atoms with E-state index in [0.29, 0.717) is 5.57 Å². The molecule has 102 valence electrons. The van der Waals surface area contributed by atoms with Gasteiger partial charge in [-0.05, 0) is 32.0 Å². The molecule has 0 radical (unpaired) electrons. The van der Waals surface area contributed by atoms with Gasteiger partial charge in [0.25, 0.3) is 5.91 Å². The van der Waals surface area contributed by atoms with Crippen molar-refractivity contribution < 1.29 is 4.79 Å². The van der Waals surface area contributed by atoms with Crippen LogP contribution in [0.2, 0.25) is 0 Å². The van der Waals surface area contributed by atoms with E-state index in [1.807, 2.05) is 20.0 Å². The number of hydrogen-bond acceptors (Lipinski definition) is 4. The molecular weight excluding hydrogens is 260 g/mol. The minimum absolute atomic E-state index is 0.0872. The van der Waals surface area contributed by atoms with E-state index in [1.54, 1.807) is 18.0 Å². The van der Waals surface area contributed by atoms with Gasteiger partial charge in [-0.3, -0.25) is 9.89 Å². The van der Waals surface area contributed by atoms with E-state index in [2.05, 4.69) is 27.4 Å². The summed E-state index contributed by atoms with van der Waals surface area (Å²) in [5, 5.41) is 12.9. The Morgan fingerprint density at radius 2 is 2.47 bits per heavy atom. The molecule has 1 unspecified atom stereocenters. The first-order valence-electron chi connectivity index (χ1n) is 6.14. The first kappa shape index (κ1) is 13.9. The monoisotopic (exact) mass is 278 g/mol. The zero-order valence-electron chi connectivity index (χ0n) is 11.1. The van der Waals surface area contributed by atoms with Crippen molar-refractivity contribution in [2.24, 2.45) is 0 Å². The Labute approximate surface area is 116 Å². The molecule has 6 heteroatoms. The zero-order chi connectivity index (χ0) is 13.8. The van der Waals surface area contributed by atoms with Gasteiger partial charge in [-0.1, -0.05) is 6.58 Å². The highest BCUT2D eigenvalue weighted by Gasteiger charge is 2.26. The van der Waals surface area contributed by atoms with Gasteiger partial charge in [0, 0.05) is 28.6 Å². The molecule has 1 aromatic heterocycles. The number of H-pyrrole nitrogens is 1.